The molecule has 0 aromatic heterocycles. The van der Waals surface area contributed by atoms with E-state index in [2.05, 4.69) is 21.2 Å². The quantitative estimate of drug-likeness (QED) is 0.881. The lowest BCUT2D eigenvalue weighted by Gasteiger charge is -2.34. The van der Waals surface area contributed by atoms with E-state index in [1.54, 1.807) is 29.6 Å². The monoisotopic (exact) mass is 374 g/mol. The van der Waals surface area contributed by atoms with Gasteiger partial charge in [-0.2, -0.15) is 4.31 Å². The van der Waals surface area contributed by atoms with Crippen molar-refractivity contribution in [3.63, 3.8) is 0 Å². The van der Waals surface area contributed by atoms with Crippen molar-refractivity contribution >= 4 is 26.0 Å². The van der Waals surface area contributed by atoms with Crippen LogP contribution in [0.15, 0.2) is 27.6 Å². The van der Waals surface area contributed by atoms with Gasteiger partial charge >= 0.3 is 0 Å². The van der Waals surface area contributed by atoms with Crippen molar-refractivity contribution < 1.29 is 8.42 Å². The first-order chi connectivity index (χ1) is 9.86. The largest absolute Gasteiger partial charge is 0.317 e. The highest BCUT2D eigenvalue weighted by atomic mass is 79.9. The number of aryl methyl sites for hydroxylation is 1. The molecule has 21 heavy (non-hydrogen) atoms. The number of hydrogen-bond acceptors (Lipinski definition) is 3. The first-order valence-corrected chi connectivity index (χ1v) is 9.51. The normalized spacial score (nSPS) is 23.5. The van der Waals surface area contributed by atoms with Gasteiger partial charge in [0.25, 0.3) is 0 Å². The summed E-state index contributed by atoms with van der Waals surface area (Å²) in [5, 5.41) is 3.27. The Morgan fingerprint density at radius 2 is 1.86 bits per heavy atom. The Kier molecular flexibility index (Phi) is 5.46. The summed E-state index contributed by atoms with van der Waals surface area (Å²) in [5.41, 5.74) is 0.934. The Balaban J connectivity index is 2.17. The van der Waals surface area contributed by atoms with E-state index in [1.165, 1.54) is 0 Å². The molecular formula is C15H23BrN2O2S. The number of hydrogen-bond donors (Lipinski definition) is 1. The van der Waals surface area contributed by atoms with Gasteiger partial charge in [-0.15, -0.1) is 0 Å². The van der Waals surface area contributed by atoms with Gasteiger partial charge in [0.15, 0.2) is 0 Å². The van der Waals surface area contributed by atoms with Crippen LogP contribution in [0.3, 0.4) is 0 Å². The van der Waals surface area contributed by atoms with Gasteiger partial charge in [0.2, 0.25) is 10.0 Å². The first kappa shape index (κ1) is 16.9. The molecule has 1 aliphatic carbocycles. The average Bonchev–Trinajstić information content (AvgIpc) is 2.49. The van der Waals surface area contributed by atoms with E-state index < -0.39 is 10.0 Å². The van der Waals surface area contributed by atoms with Crippen molar-refractivity contribution in [2.75, 3.05) is 14.1 Å². The molecular weight excluding hydrogens is 352 g/mol. The Labute approximate surface area is 136 Å². The van der Waals surface area contributed by atoms with Crippen molar-refractivity contribution in [3.05, 3.63) is 28.2 Å². The maximum atomic E-state index is 12.7. The minimum Gasteiger partial charge on any atom is -0.317 e. The Morgan fingerprint density at radius 1 is 1.24 bits per heavy atom. The molecule has 6 heteroatoms. The second-order valence-electron chi connectivity index (χ2n) is 5.73. The number of halogens is 1. The van der Waals surface area contributed by atoms with E-state index in [9.17, 15) is 8.42 Å². The van der Waals surface area contributed by atoms with Crippen LogP contribution in [-0.4, -0.2) is 38.9 Å². The molecule has 2 rings (SSSR count). The fraction of sp³-hybridized carbons (Fsp3) is 0.600. The highest BCUT2D eigenvalue weighted by Gasteiger charge is 2.31. The van der Waals surface area contributed by atoms with Gasteiger partial charge in [0.1, 0.15) is 0 Å². The molecule has 4 nitrogen and oxygen atoms in total. The van der Waals surface area contributed by atoms with E-state index in [4.69, 9.17) is 0 Å². The molecule has 0 bridgehead atoms. The molecule has 1 fully saturated rings. The third-order valence-corrected chi connectivity index (χ3v) is 7.22. The molecule has 0 radical (unpaired) electrons. The summed E-state index contributed by atoms with van der Waals surface area (Å²) in [6.07, 6.45) is 3.88. The van der Waals surface area contributed by atoms with Gasteiger partial charge in [0.05, 0.1) is 4.90 Å². The molecule has 0 unspecified atom stereocenters. The number of nitrogens with one attached hydrogen (secondary N) is 1. The molecule has 0 heterocycles. The van der Waals surface area contributed by atoms with Crippen LogP contribution in [0.1, 0.15) is 31.2 Å². The molecule has 0 spiro atoms. The van der Waals surface area contributed by atoms with Crippen LogP contribution in [0.5, 0.6) is 0 Å². The van der Waals surface area contributed by atoms with Crippen molar-refractivity contribution in [2.45, 2.75) is 49.6 Å². The molecule has 0 amide bonds. The molecule has 0 aliphatic heterocycles. The molecule has 0 atom stereocenters. The van der Waals surface area contributed by atoms with Crippen LogP contribution in [0, 0.1) is 6.92 Å². The lowest BCUT2D eigenvalue weighted by atomic mass is 9.91. The lowest BCUT2D eigenvalue weighted by molar-refractivity contribution is 0.255. The summed E-state index contributed by atoms with van der Waals surface area (Å²) in [5.74, 6) is 0. The Hall–Kier alpha value is -0.430. The molecule has 118 valence electrons. The van der Waals surface area contributed by atoms with Gasteiger partial charge in [-0.3, -0.25) is 0 Å². The van der Waals surface area contributed by atoms with E-state index in [0.29, 0.717) is 10.9 Å². The summed E-state index contributed by atoms with van der Waals surface area (Å²) in [6.45, 7) is 1.90. The van der Waals surface area contributed by atoms with Crippen LogP contribution >= 0.6 is 15.9 Å². The number of sulfonamides is 1. The van der Waals surface area contributed by atoms with E-state index in [-0.39, 0.29) is 6.04 Å². The van der Waals surface area contributed by atoms with Crippen LogP contribution in [0.4, 0.5) is 0 Å². The zero-order chi connectivity index (χ0) is 15.6. The van der Waals surface area contributed by atoms with Crippen molar-refractivity contribution in [3.8, 4) is 0 Å². The summed E-state index contributed by atoms with van der Waals surface area (Å²) >= 11 is 3.41. The second kappa shape index (κ2) is 6.77. The van der Waals surface area contributed by atoms with E-state index in [1.807, 2.05) is 14.0 Å². The maximum absolute atomic E-state index is 12.7. The molecule has 0 saturated heterocycles. The summed E-state index contributed by atoms with van der Waals surface area (Å²) in [6, 6.07) is 5.82. The van der Waals surface area contributed by atoms with Gasteiger partial charge < -0.3 is 5.32 Å². The fourth-order valence-corrected chi connectivity index (χ4v) is 4.62. The standard InChI is InChI=1S/C15H23BrN2O2S/c1-11-10-14(8-9-15(11)16)21(19,20)18(3)13-6-4-12(17-2)5-7-13/h8-10,12-13,17H,4-7H2,1-3H3. The lowest BCUT2D eigenvalue weighted by Crippen LogP contribution is -2.42. The van der Waals surface area contributed by atoms with E-state index >= 15 is 0 Å². The van der Waals surface area contributed by atoms with Gasteiger partial charge in [0, 0.05) is 23.6 Å². The number of benzene rings is 1. The molecule has 1 aromatic rings. The van der Waals surface area contributed by atoms with Crippen molar-refractivity contribution in [2.24, 2.45) is 0 Å². The topological polar surface area (TPSA) is 49.4 Å². The van der Waals surface area contributed by atoms with Crippen LogP contribution in [0.2, 0.25) is 0 Å². The minimum absolute atomic E-state index is 0.101. The predicted octanol–water partition coefficient (Wildman–Crippen LogP) is 2.91. The Bertz CT molecular complexity index is 596. The second-order valence-corrected chi connectivity index (χ2v) is 8.58. The molecule has 1 aliphatic rings. The number of nitrogens with zero attached hydrogens (tertiary/aromatic N) is 1. The third-order valence-electron chi connectivity index (χ3n) is 4.43. The molecule has 1 N–H and O–H groups in total. The molecule has 1 saturated carbocycles. The first-order valence-electron chi connectivity index (χ1n) is 7.27. The van der Waals surface area contributed by atoms with Crippen LogP contribution in [0.25, 0.3) is 0 Å². The zero-order valence-corrected chi connectivity index (χ0v) is 15.2. The summed E-state index contributed by atoms with van der Waals surface area (Å²) in [7, 11) is 0.264. The predicted molar refractivity (Wildman–Crippen MR) is 88.9 cm³/mol. The van der Waals surface area contributed by atoms with Crippen LogP contribution < -0.4 is 5.32 Å². The van der Waals surface area contributed by atoms with Gasteiger partial charge in [-0.25, -0.2) is 8.42 Å². The third kappa shape index (κ3) is 3.67. The van der Waals surface area contributed by atoms with Crippen molar-refractivity contribution in [1.29, 1.82) is 0 Å². The average molecular weight is 375 g/mol. The van der Waals surface area contributed by atoms with Crippen LogP contribution in [-0.2, 0) is 10.0 Å². The highest BCUT2D eigenvalue weighted by Crippen LogP contribution is 2.28. The number of rotatable bonds is 4. The smallest absolute Gasteiger partial charge is 0.243 e. The van der Waals surface area contributed by atoms with Gasteiger partial charge in [-0.1, -0.05) is 15.9 Å². The minimum atomic E-state index is -3.41. The summed E-state index contributed by atoms with van der Waals surface area (Å²) < 4.78 is 28.0. The SMILES string of the molecule is CNC1CCC(N(C)S(=O)(=O)c2ccc(Br)c(C)c2)CC1. The Morgan fingerprint density at radius 3 is 2.38 bits per heavy atom. The zero-order valence-electron chi connectivity index (χ0n) is 12.8. The van der Waals surface area contributed by atoms with Crippen molar-refractivity contribution in [1.82, 2.24) is 9.62 Å². The molecule has 1 aromatic carbocycles. The van der Waals surface area contributed by atoms with E-state index in [0.717, 1.165) is 35.7 Å². The summed E-state index contributed by atoms with van der Waals surface area (Å²) in [4.78, 5) is 0.376. The maximum Gasteiger partial charge on any atom is 0.243 e. The van der Waals surface area contributed by atoms with Gasteiger partial charge in [-0.05, 0) is 63.4 Å². The highest BCUT2D eigenvalue weighted by molar-refractivity contribution is 9.10. The fourth-order valence-electron chi connectivity index (χ4n) is 2.87.